The highest BCUT2D eigenvalue weighted by molar-refractivity contribution is 7.88. The van der Waals surface area contributed by atoms with Gasteiger partial charge >= 0.3 is 5.97 Å². The van der Waals surface area contributed by atoms with Crippen LogP contribution >= 0.6 is 0 Å². The first-order valence-electron chi connectivity index (χ1n) is 12.9. The number of aromatic hydroxyl groups is 1. The van der Waals surface area contributed by atoms with E-state index in [9.17, 15) is 33.0 Å². The summed E-state index contributed by atoms with van der Waals surface area (Å²) in [5.41, 5.74) is 1.51. The summed E-state index contributed by atoms with van der Waals surface area (Å²) >= 11 is 0. The van der Waals surface area contributed by atoms with Crippen molar-refractivity contribution in [2.45, 2.75) is 46.2 Å². The number of ketones is 1. The van der Waals surface area contributed by atoms with Crippen LogP contribution in [0.4, 0.5) is 0 Å². The molecule has 13 heteroatoms. The van der Waals surface area contributed by atoms with Crippen LogP contribution in [0.15, 0.2) is 24.3 Å². The number of fused-ring (bicyclic) bond motifs is 1. The second kappa shape index (κ2) is 11.9. The third-order valence-corrected chi connectivity index (χ3v) is 7.89. The molecule has 1 amide bonds. The maximum absolute atomic E-state index is 13.6. The molecule has 0 aromatic heterocycles. The topological polar surface area (TPSA) is 177 Å². The van der Waals surface area contributed by atoms with E-state index >= 15 is 0 Å². The van der Waals surface area contributed by atoms with Crippen LogP contribution in [0.25, 0.3) is 0 Å². The second-order valence-corrected chi connectivity index (χ2v) is 12.8. The van der Waals surface area contributed by atoms with Gasteiger partial charge in [0.05, 0.1) is 25.0 Å². The molecule has 0 bridgehead atoms. The highest BCUT2D eigenvalue weighted by atomic mass is 32.2. The number of nitrogens with one attached hydrogen (secondary N) is 2. The molecule has 0 spiro atoms. The highest BCUT2D eigenvalue weighted by Gasteiger charge is 2.31. The Kier molecular flexibility index (Phi) is 9.14. The summed E-state index contributed by atoms with van der Waals surface area (Å²) in [6.45, 7) is 6.35. The van der Waals surface area contributed by atoms with Crippen LogP contribution < -0.4 is 10.1 Å². The molecule has 2 aromatic rings. The van der Waals surface area contributed by atoms with E-state index in [0.717, 1.165) is 11.8 Å². The molecular weight excluding hydrogens is 552 g/mol. The number of benzene rings is 2. The zero-order chi connectivity index (χ0) is 30.9. The minimum absolute atomic E-state index is 0.0568. The SMILES string of the molecule is CCOc1cc2c(cc1C(=O)NC)C(=N)N(CC(=O)c1cc(CN(CC(=O)O)S(C)(=O)=O)c(O)c(C(C)(C)C)c1)C2. The number of hydrogen-bond donors (Lipinski definition) is 4. The van der Waals surface area contributed by atoms with Gasteiger partial charge in [0, 0.05) is 42.4 Å². The average Bonchev–Trinajstić information content (AvgIpc) is 3.16. The first-order valence-corrected chi connectivity index (χ1v) is 14.7. The number of phenols is 1. The molecule has 1 heterocycles. The van der Waals surface area contributed by atoms with Crippen molar-refractivity contribution in [1.29, 1.82) is 5.41 Å². The van der Waals surface area contributed by atoms with E-state index in [4.69, 9.17) is 10.1 Å². The number of sulfonamides is 1. The molecule has 12 nitrogen and oxygen atoms in total. The molecule has 0 saturated heterocycles. The molecular formula is C28H36N4O8S. The molecule has 3 rings (SSSR count). The predicted molar refractivity (Wildman–Crippen MR) is 152 cm³/mol. The first kappa shape index (κ1) is 31.6. The molecule has 2 aromatic carbocycles. The molecule has 0 radical (unpaired) electrons. The van der Waals surface area contributed by atoms with Crippen molar-refractivity contribution in [3.63, 3.8) is 0 Å². The second-order valence-electron chi connectivity index (χ2n) is 10.9. The van der Waals surface area contributed by atoms with E-state index in [0.29, 0.717) is 27.8 Å². The van der Waals surface area contributed by atoms with Crippen LogP contribution in [0.2, 0.25) is 0 Å². The maximum atomic E-state index is 13.6. The summed E-state index contributed by atoms with van der Waals surface area (Å²) in [6.07, 6.45) is 0.871. The fourth-order valence-corrected chi connectivity index (χ4v) is 5.31. The van der Waals surface area contributed by atoms with Crippen molar-refractivity contribution < 1.29 is 37.8 Å². The van der Waals surface area contributed by atoms with Gasteiger partial charge in [0.1, 0.15) is 23.9 Å². The standard InChI is InChI=1S/C28H36N4O8S/c1-7-40-23-10-17-12-31(26(29)19(17)11-20(23)27(37)30-5)14-22(33)16-8-18(25(36)21(9-16)28(2,3)4)13-32(15-24(34)35)41(6,38)39/h8-11,29,36H,7,12-15H2,1-6H3,(H,30,37)(H,34,35). The van der Waals surface area contributed by atoms with Gasteiger partial charge in [-0.2, -0.15) is 4.31 Å². The summed E-state index contributed by atoms with van der Waals surface area (Å²) in [6, 6.07) is 6.16. The maximum Gasteiger partial charge on any atom is 0.318 e. The highest BCUT2D eigenvalue weighted by Crippen LogP contribution is 2.36. The molecule has 0 atom stereocenters. The Morgan fingerprint density at radius 1 is 1.17 bits per heavy atom. The van der Waals surface area contributed by atoms with Gasteiger partial charge in [0.25, 0.3) is 5.91 Å². The number of hydrogen-bond acceptors (Lipinski definition) is 8. The van der Waals surface area contributed by atoms with Crippen molar-refractivity contribution >= 4 is 33.5 Å². The summed E-state index contributed by atoms with van der Waals surface area (Å²) in [5, 5.41) is 31.5. The van der Waals surface area contributed by atoms with E-state index in [1.807, 2.05) is 20.8 Å². The minimum atomic E-state index is -3.95. The van der Waals surface area contributed by atoms with E-state index in [1.54, 1.807) is 24.0 Å². The van der Waals surface area contributed by atoms with Crippen LogP contribution in [0, 0.1) is 5.41 Å². The average molecular weight is 589 g/mol. The number of Topliss-reactive ketones (excluding diaryl/α,β-unsaturated/α-hetero) is 1. The van der Waals surface area contributed by atoms with Gasteiger partial charge < -0.3 is 25.2 Å². The number of amidine groups is 1. The third-order valence-electron chi connectivity index (χ3n) is 6.69. The lowest BCUT2D eigenvalue weighted by Gasteiger charge is -2.25. The molecule has 222 valence electrons. The number of amides is 1. The third kappa shape index (κ3) is 7.03. The summed E-state index contributed by atoms with van der Waals surface area (Å²) in [4.78, 5) is 38.8. The van der Waals surface area contributed by atoms with Crippen LogP contribution in [-0.2, 0) is 33.3 Å². The van der Waals surface area contributed by atoms with Gasteiger partial charge in [-0.25, -0.2) is 8.42 Å². The summed E-state index contributed by atoms with van der Waals surface area (Å²) in [7, 11) is -2.45. The fraction of sp³-hybridized carbons (Fsp3) is 0.429. The molecule has 0 aliphatic carbocycles. The number of ether oxygens (including phenoxy) is 1. The van der Waals surface area contributed by atoms with Gasteiger partial charge in [0.15, 0.2) is 5.78 Å². The Bertz CT molecular complexity index is 1510. The molecule has 41 heavy (non-hydrogen) atoms. The summed E-state index contributed by atoms with van der Waals surface area (Å²) in [5.74, 6) is -1.91. The molecule has 4 N–H and O–H groups in total. The lowest BCUT2D eigenvalue weighted by molar-refractivity contribution is -0.137. The van der Waals surface area contributed by atoms with Crippen LogP contribution in [0.5, 0.6) is 11.5 Å². The zero-order valence-electron chi connectivity index (χ0n) is 24.0. The number of aliphatic carboxylic acids is 1. The number of carboxylic acids is 1. The molecule has 1 aliphatic heterocycles. The predicted octanol–water partition coefficient (Wildman–Crippen LogP) is 2.32. The van der Waals surface area contributed by atoms with E-state index in [-0.39, 0.29) is 47.3 Å². The smallest absolute Gasteiger partial charge is 0.318 e. The van der Waals surface area contributed by atoms with Gasteiger partial charge in [-0.3, -0.25) is 19.8 Å². The Balaban J connectivity index is 1.98. The van der Waals surface area contributed by atoms with E-state index in [1.165, 1.54) is 19.2 Å². The van der Waals surface area contributed by atoms with Crippen molar-refractivity contribution in [3.05, 3.63) is 57.6 Å². The minimum Gasteiger partial charge on any atom is -0.507 e. The number of carboxylic acid groups (broad SMARTS) is 1. The van der Waals surface area contributed by atoms with Crippen molar-refractivity contribution in [3.8, 4) is 11.5 Å². The Morgan fingerprint density at radius 2 is 1.83 bits per heavy atom. The quantitative estimate of drug-likeness (QED) is 0.287. The molecule has 0 saturated carbocycles. The fourth-order valence-electron chi connectivity index (χ4n) is 4.59. The van der Waals surface area contributed by atoms with Gasteiger partial charge in [0.2, 0.25) is 10.0 Å². The lowest BCUT2D eigenvalue weighted by Crippen LogP contribution is -2.34. The zero-order valence-corrected chi connectivity index (χ0v) is 24.8. The largest absolute Gasteiger partial charge is 0.507 e. The number of phenolic OH excluding ortho intramolecular Hbond substituents is 1. The first-order chi connectivity index (χ1) is 19.0. The van der Waals surface area contributed by atoms with Gasteiger partial charge in [-0.15, -0.1) is 0 Å². The van der Waals surface area contributed by atoms with Crippen molar-refractivity contribution in [1.82, 2.24) is 14.5 Å². The lowest BCUT2D eigenvalue weighted by atomic mass is 9.83. The normalized spacial score (nSPS) is 13.3. The van der Waals surface area contributed by atoms with E-state index in [2.05, 4.69) is 5.32 Å². The van der Waals surface area contributed by atoms with Crippen LogP contribution in [0.3, 0.4) is 0 Å². The number of carbonyl (C=O) groups is 3. The molecule has 0 unspecified atom stereocenters. The van der Waals surface area contributed by atoms with E-state index < -0.39 is 40.3 Å². The molecule has 1 aliphatic rings. The van der Waals surface area contributed by atoms with Crippen LogP contribution in [-0.4, -0.2) is 84.3 Å². The monoisotopic (exact) mass is 588 g/mol. The number of carbonyl (C=O) groups excluding carboxylic acids is 2. The molecule has 0 fully saturated rings. The van der Waals surface area contributed by atoms with Crippen LogP contribution in [0.1, 0.15) is 70.7 Å². The van der Waals surface area contributed by atoms with Crippen molar-refractivity contribution in [2.75, 3.05) is 33.0 Å². The van der Waals surface area contributed by atoms with Gasteiger partial charge in [-0.1, -0.05) is 20.8 Å². The number of rotatable bonds is 11. The van der Waals surface area contributed by atoms with Crippen molar-refractivity contribution in [2.24, 2.45) is 0 Å². The Labute approximate surface area is 239 Å². The Morgan fingerprint density at radius 3 is 2.37 bits per heavy atom. The van der Waals surface area contributed by atoms with Gasteiger partial charge in [-0.05, 0) is 42.2 Å². The summed E-state index contributed by atoms with van der Waals surface area (Å²) < 4.78 is 30.9. The number of nitrogens with zero attached hydrogens (tertiary/aromatic N) is 2. The Hall–Kier alpha value is -3.97.